The minimum absolute atomic E-state index is 0.0387. The van der Waals surface area contributed by atoms with Crippen LogP contribution >= 0.6 is 0 Å². The van der Waals surface area contributed by atoms with Crippen LogP contribution in [0.5, 0.6) is 0 Å². The smallest absolute Gasteiger partial charge is 0.310 e. The van der Waals surface area contributed by atoms with Gasteiger partial charge in [-0.1, -0.05) is 20.3 Å². The number of likely N-dealkylation sites (N-methyl/N-ethyl adjacent to an activating group) is 1. The highest BCUT2D eigenvalue weighted by Crippen LogP contribution is 2.20. The van der Waals surface area contributed by atoms with E-state index < -0.39 is 5.97 Å². The van der Waals surface area contributed by atoms with E-state index in [1.807, 2.05) is 7.05 Å². The molecule has 1 heterocycles. The van der Waals surface area contributed by atoms with Crippen LogP contribution in [0.4, 0.5) is 0 Å². The zero-order chi connectivity index (χ0) is 12.1. The van der Waals surface area contributed by atoms with Crippen molar-refractivity contribution in [1.82, 2.24) is 4.90 Å². The number of ether oxygens (including phenoxy) is 1. The Labute approximate surface area is 97.6 Å². The summed E-state index contributed by atoms with van der Waals surface area (Å²) in [7, 11) is 2.00. The Morgan fingerprint density at radius 3 is 2.81 bits per heavy atom. The molecular formula is C12H23NO3. The summed E-state index contributed by atoms with van der Waals surface area (Å²) in [4.78, 5) is 13.2. The lowest BCUT2D eigenvalue weighted by Gasteiger charge is -2.28. The molecule has 1 fully saturated rings. The van der Waals surface area contributed by atoms with Crippen LogP contribution in [0.2, 0.25) is 0 Å². The van der Waals surface area contributed by atoms with Crippen molar-refractivity contribution >= 4 is 5.97 Å². The van der Waals surface area contributed by atoms with Crippen molar-refractivity contribution in [1.29, 1.82) is 0 Å². The number of aliphatic carboxylic acids is 1. The zero-order valence-corrected chi connectivity index (χ0v) is 10.5. The summed E-state index contributed by atoms with van der Waals surface area (Å²) >= 11 is 0. The SMILES string of the molecule is CCCC(C)CN(C)C1COCC1C(=O)O. The summed E-state index contributed by atoms with van der Waals surface area (Å²) in [6.07, 6.45) is 2.37. The Balaban J connectivity index is 2.46. The Hall–Kier alpha value is -0.610. The molecule has 0 saturated carbocycles. The fourth-order valence-corrected chi connectivity index (χ4v) is 2.42. The highest BCUT2D eigenvalue weighted by molar-refractivity contribution is 5.71. The maximum atomic E-state index is 11.0. The van der Waals surface area contributed by atoms with E-state index in [4.69, 9.17) is 9.84 Å². The summed E-state index contributed by atoms with van der Waals surface area (Å²) in [5, 5.41) is 9.06. The van der Waals surface area contributed by atoms with Gasteiger partial charge in [-0.2, -0.15) is 0 Å². The van der Waals surface area contributed by atoms with Crippen molar-refractivity contribution in [3.63, 3.8) is 0 Å². The van der Waals surface area contributed by atoms with Gasteiger partial charge in [-0.15, -0.1) is 0 Å². The Morgan fingerprint density at radius 1 is 1.56 bits per heavy atom. The zero-order valence-electron chi connectivity index (χ0n) is 10.5. The molecule has 16 heavy (non-hydrogen) atoms. The van der Waals surface area contributed by atoms with Crippen LogP contribution in [0.15, 0.2) is 0 Å². The summed E-state index contributed by atoms with van der Waals surface area (Å²) in [5.41, 5.74) is 0. The average Bonchev–Trinajstić information content (AvgIpc) is 2.65. The normalized spacial score (nSPS) is 27.2. The van der Waals surface area contributed by atoms with Gasteiger partial charge >= 0.3 is 5.97 Å². The topological polar surface area (TPSA) is 49.8 Å². The molecule has 0 aromatic rings. The van der Waals surface area contributed by atoms with Gasteiger partial charge in [0.05, 0.1) is 19.1 Å². The van der Waals surface area contributed by atoms with Crippen LogP contribution in [0.1, 0.15) is 26.7 Å². The lowest BCUT2D eigenvalue weighted by molar-refractivity contribution is -0.143. The molecule has 1 aliphatic rings. The van der Waals surface area contributed by atoms with Crippen molar-refractivity contribution in [3.8, 4) is 0 Å². The van der Waals surface area contributed by atoms with Gasteiger partial charge in [-0.25, -0.2) is 0 Å². The molecule has 1 rings (SSSR count). The number of carboxylic acid groups (broad SMARTS) is 1. The highest BCUT2D eigenvalue weighted by atomic mass is 16.5. The van der Waals surface area contributed by atoms with Gasteiger partial charge in [-0.05, 0) is 19.4 Å². The molecule has 0 spiro atoms. The molecule has 4 heteroatoms. The van der Waals surface area contributed by atoms with E-state index in [1.165, 1.54) is 12.8 Å². The van der Waals surface area contributed by atoms with Crippen molar-refractivity contribution < 1.29 is 14.6 Å². The first-order valence-corrected chi connectivity index (χ1v) is 6.07. The second kappa shape index (κ2) is 6.21. The molecule has 4 nitrogen and oxygen atoms in total. The number of carboxylic acids is 1. The third-order valence-corrected chi connectivity index (χ3v) is 3.31. The van der Waals surface area contributed by atoms with Gasteiger partial charge in [0, 0.05) is 12.6 Å². The monoisotopic (exact) mass is 229 g/mol. The Morgan fingerprint density at radius 2 is 2.25 bits per heavy atom. The average molecular weight is 229 g/mol. The molecule has 3 atom stereocenters. The van der Waals surface area contributed by atoms with Crippen LogP contribution in [0.25, 0.3) is 0 Å². The summed E-state index contributed by atoms with van der Waals surface area (Å²) in [6, 6.07) is 0.0387. The molecule has 1 N–H and O–H groups in total. The van der Waals surface area contributed by atoms with E-state index in [0.717, 1.165) is 6.54 Å². The van der Waals surface area contributed by atoms with Crippen LogP contribution in [-0.4, -0.2) is 48.8 Å². The van der Waals surface area contributed by atoms with Gasteiger partial charge in [0.2, 0.25) is 0 Å². The van der Waals surface area contributed by atoms with Crippen LogP contribution in [-0.2, 0) is 9.53 Å². The fraction of sp³-hybridized carbons (Fsp3) is 0.917. The van der Waals surface area contributed by atoms with E-state index in [2.05, 4.69) is 18.7 Å². The molecular weight excluding hydrogens is 206 g/mol. The molecule has 0 bridgehead atoms. The van der Waals surface area contributed by atoms with Gasteiger partial charge < -0.3 is 9.84 Å². The highest BCUT2D eigenvalue weighted by Gasteiger charge is 2.36. The Kier molecular flexibility index (Phi) is 5.22. The molecule has 94 valence electrons. The fourth-order valence-electron chi connectivity index (χ4n) is 2.42. The standard InChI is InChI=1S/C12H23NO3/c1-4-5-9(2)6-13(3)11-8-16-7-10(11)12(14)15/h9-11H,4-8H2,1-3H3,(H,14,15). The molecule has 0 radical (unpaired) electrons. The lowest BCUT2D eigenvalue weighted by atomic mass is 10.00. The van der Waals surface area contributed by atoms with Gasteiger partial charge in [-0.3, -0.25) is 9.69 Å². The first kappa shape index (κ1) is 13.5. The number of nitrogens with zero attached hydrogens (tertiary/aromatic N) is 1. The van der Waals surface area contributed by atoms with Crippen LogP contribution < -0.4 is 0 Å². The molecule has 0 aromatic heterocycles. The van der Waals surface area contributed by atoms with Gasteiger partial charge in [0.1, 0.15) is 0 Å². The van der Waals surface area contributed by atoms with Crippen LogP contribution in [0.3, 0.4) is 0 Å². The molecule has 1 saturated heterocycles. The first-order valence-electron chi connectivity index (χ1n) is 6.07. The number of hydrogen-bond acceptors (Lipinski definition) is 3. The lowest BCUT2D eigenvalue weighted by Crippen LogP contribution is -2.42. The van der Waals surface area contributed by atoms with E-state index in [1.54, 1.807) is 0 Å². The van der Waals surface area contributed by atoms with Gasteiger partial charge in [0.25, 0.3) is 0 Å². The molecule has 0 aromatic carbocycles. The molecule has 0 amide bonds. The second-order valence-corrected chi connectivity index (χ2v) is 4.88. The summed E-state index contributed by atoms with van der Waals surface area (Å²) in [5.74, 6) is -0.485. The van der Waals surface area contributed by atoms with Crippen molar-refractivity contribution in [2.24, 2.45) is 11.8 Å². The Bertz CT molecular complexity index is 232. The number of rotatable bonds is 6. The van der Waals surface area contributed by atoms with Crippen molar-refractivity contribution in [2.75, 3.05) is 26.8 Å². The predicted molar refractivity (Wildman–Crippen MR) is 62.4 cm³/mol. The summed E-state index contributed by atoms with van der Waals surface area (Å²) in [6.45, 7) is 6.24. The first-order chi connectivity index (χ1) is 7.56. The predicted octanol–water partition coefficient (Wildman–Crippen LogP) is 1.45. The number of hydrogen-bond donors (Lipinski definition) is 1. The minimum atomic E-state index is -0.738. The third-order valence-electron chi connectivity index (χ3n) is 3.31. The largest absolute Gasteiger partial charge is 0.481 e. The third kappa shape index (κ3) is 3.46. The van der Waals surface area contributed by atoms with E-state index in [0.29, 0.717) is 19.1 Å². The van der Waals surface area contributed by atoms with Crippen LogP contribution in [0, 0.1) is 11.8 Å². The van der Waals surface area contributed by atoms with Crippen molar-refractivity contribution in [3.05, 3.63) is 0 Å². The number of carbonyl (C=O) groups is 1. The van der Waals surface area contributed by atoms with Crippen molar-refractivity contribution in [2.45, 2.75) is 32.7 Å². The minimum Gasteiger partial charge on any atom is -0.481 e. The molecule has 0 aliphatic carbocycles. The quantitative estimate of drug-likeness (QED) is 0.749. The second-order valence-electron chi connectivity index (χ2n) is 4.88. The summed E-state index contributed by atoms with van der Waals surface area (Å²) < 4.78 is 5.27. The molecule has 3 unspecified atom stereocenters. The van der Waals surface area contributed by atoms with Gasteiger partial charge in [0.15, 0.2) is 0 Å². The maximum Gasteiger partial charge on any atom is 0.310 e. The maximum absolute atomic E-state index is 11.0. The van der Waals surface area contributed by atoms with E-state index in [-0.39, 0.29) is 12.0 Å². The molecule has 1 aliphatic heterocycles. The van der Waals surface area contributed by atoms with E-state index >= 15 is 0 Å². The van der Waals surface area contributed by atoms with E-state index in [9.17, 15) is 4.79 Å².